The zero-order valence-electron chi connectivity index (χ0n) is 16.6. The van der Waals surface area contributed by atoms with E-state index in [-0.39, 0.29) is 11.7 Å². The maximum Gasteiger partial charge on any atom is 0.243 e. The normalized spacial score (nSPS) is 13.4. The molecule has 0 spiro atoms. The van der Waals surface area contributed by atoms with Gasteiger partial charge in [0.25, 0.3) is 0 Å². The first-order chi connectivity index (χ1) is 13.9. The number of hydrogen-bond donors (Lipinski definition) is 0. The number of aromatic nitrogens is 3. The number of carbonyl (C=O) groups is 2. The first-order valence-electron chi connectivity index (χ1n) is 9.20. The molecule has 6 nitrogen and oxygen atoms in total. The smallest absolute Gasteiger partial charge is 0.243 e. The molecule has 0 N–H and O–H groups in total. The van der Waals surface area contributed by atoms with Gasteiger partial charge >= 0.3 is 0 Å². The average molecular weight is 404 g/mol. The fourth-order valence-electron chi connectivity index (χ4n) is 3.23. The Morgan fingerprint density at radius 2 is 1.38 bits per heavy atom. The second-order valence-corrected chi connectivity index (χ2v) is 7.99. The lowest BCUT2D eigenvalue weighted by atomic mass is 10.1. The van der Waals surface area contributed by atoms with Crippen molar-refractivity contribution in [2.75, 3.05) is 5.01 Å². The van der Waals surface area contributed by atoms with Crippen LogP contribution in [-0.2, 0) is 9.59 Å². The number of benzene rings is 2. The summed E-state index contributed by atoms with van der Waals surface area (Å²) in [5.41, 5.74) is 4.41. The summed E-state index contributed by atoms with van der Waals surface area (Å²) >= 11 is 1.24. The van der Waals surface area contributed by atoms with Gasteiger partial charge in [0.15, 0.2) is 11.6 Å². The van der Waals surface area contributed by atoms with Crippen molar-refractivity contribution in [3.8, 4) is 11.4 Å². The van der Waals surface area contributed by atoms with Crippen molar-refractivity contribution < 1.29 is 9.59 Å². The van der Waals surface area contributed by atoms with Crippen molar-refractivity contribution in [3.05, 3.63) is 70.1 Å². The van der Waals surface area contributed by atoms with E-state index in [4.69, 9.17) is 0 Å². The maximum absolute atomic E-state index is 12.8. The van der Waals surface area contributed by atoms with Crippen molar-refractivity contribution in [1.82, 2.24) is 14.9 Å². The molecule has 3 aromatic rings. The Hall–Kier alpha value is -3.19. The van der Waals surface area contributed by atoms with Crippen LogP contribution in [-0.4, -0.2) is 26.6 Å². The fourth-order valence-corrected chi connectivity index (χ4v) is 4.19. The number of nitrogens with zero attached hydrogens (tertiary/aromatic N) is 4. The van der Waals surface area contributed by atoms with Crippen molar-refractivity contribution >= 4 is 29.1 Å². The molecule has 1 aromatic heterocycles. The lowest BCUT2D eigenvalue weighted by molar-refractivity contribution is -0.117. The highest BCUT2D eigenvalue weighted by atomic mass is 32.2. The van der Waals surface area contributed by atoms with E-state index in [2.05, 4.69) is 10.2 Å². The molecule has 0 saturated carbocycles. The summed E-state index contributed by atoms with van der Waals surface area (Å²) in [4.78, 5) is 25.8. The Labute approximate surface area is 173 Å². The molecule has 2 aromatic carbocycles. The van der Waals surface area contributed by atoms with Crippen LogP contribution in [0.3, 0.4) is 0 Å². The molecule has 29 heavy (non-hydrogen) atoms. The predicted octanol–water partition coefficient (Wildman–Crippen LogP) is 4.11. The van der Waals surface area contributed by atoms with Gasteiger partial charge in [0.1, 0.15) is 0 Å². The van der Waals surface area contributed by atoms with Crippen LogP contribution in [0.15, 0.2) is 58.6 Å². The number of rotatable bonds is 3. The van der Waals surface area contributed by atoms with Crippen molar-refractivity contribution in [2.45, 2.75) is 32.9 Å². The highest BCUT2D eigenvalue weighted by molar-refractivity contribution is 8.04. The predicted molar refractivity (Wildman–Crippen MR) is 114 cm³/mol. The molecule has 1 aliphatic rings. The van der Waals surface area contributed by atoms with Crippen molar-refractivity contribution in [1.29, 1.82) is 0 Å². The van der Waals surface area contributed by atoms with Gasteiger partial charge in [0.2, 0.25) is 11.1 Å². The van der Waals surface area contributed by atoms with Crippen LogP contribution in [0.5, 0.6) is 0 Å². The molecular weight excluding hydrogens is 384 g/mol. The molecule has 0 aliphatic carbocycles. The standard InChI is InChI=1S/C22H20N4O2S/c1-13-5-9-17(10-6-13)19-20(15(3)27)29-22-24-23-21(26(22)25(19)16(4)28)18-11-7-14(2)8-12-18/h5-12H,1-4H3. The first-order valence-corrected chi connectivity index (χ1v) is 10.0. The summed E-state index contributed by atoms with van der Waals surface area (Å²) in [7, 11) is 0. The van der Waals surface area contributed by atoms with Gasteiger partial charge in [-0.25, -0.2) is 5.01 Å². The van der Waals surface area contributed by atoms with Gasteiger partial charge in [-0.3, -0.25) is 9.59 Å². The summed E-state index contributed by atoms with van der Waals surface area (Å²) in [5.74, 6) is 0.201. The van der Waals surface area contributed by atoms with Gasteiger partial charge in [0, 0.05) is 18.1 Å². The zero-order chi connectivity index (χ0) is 20.7. The average Bonchev–Trinajstić information content (AvgIpc) is 3.11. The van der Waals surface area contributed by atoms with E-state index in [1.165, 1.54) is 30.6 Å². The molecule has 0 saturated heterocycles. The molecule has 0 radical (unpaired) electrons. The Morgan fingerprint density at radius 3 is 1.90 bits per heavy atom. The maximum atomic E-state index is 12.8. The number of aryl methyl sites for hydroxylation is 2. The molecule has 0 bridgehead atoms. The monoisotopic (exact) mass is 404 g/mol. The Morgan fingerprint density at radius 1 is 0.828 bits per heavy atom. The zero-order valence-corrected chi connectivity index (χ0v) is 17.4. The highest BCUT2D eigenvalue weighted by Gasteiger charge is 2.35. The first kappa shape index (κ1) is 19.1. The summed E-state index contributed by atoms with van der Waals surface area (Å²) in [5, 5.41) is 10.6. The molecule has 1 amide bonds. The van der Waals surface area contributed by atoms with Crippen LogP contribution < -0.4 is 5.01 Å². The third kappa shape index (κ3) is 3.38. The molecule has 2 heterocycles. The van der Waals surface area contributed by atoms with Gasteiger partial charge < -0.3 is 0 Å². The Bertz CT molecular complexity index is 1140. The number of Topliss-reactive ketones (excluding diaryl/α,β-unsaturated/α-hetero) is 1. The number of ketones is 1. The number of carbonyl (C=O) groups excluding carboxylic acids is 2. The summed E-state index contributed by atoms with van der Waals surface area (Å²) in [6, 6.07) is 15.6. The Balaban J connectivity index is 1.95. The van der Waals surface area contributed by atoms with Crippen LogP contribution >= 0.6 is 11.8 Å². The van der Waals surface area contributed by atoms with Gasteiger partial charge in [-0.05, 0) is 32.5 Å². The minimum atomic E-state index is -0.228. The van der Waals surface area contributed by atoms with Crippen LogP contribution in [0.1, 0.15) is 30.5 Å². The summed E-state index contributed by atoms with van der Waals surface area (Å²) < 4.78 is 1.69. The third-order valence-corrected chi connectivity index (χ3v) is 5.81. The third-order valence-electron chi connectivity index (χ3n) is 4.69. The Kier molecular flexibility index (Phi) is 4.84. The second-order valence-electron chi connectivity index (χ2n) is 7.02. The molecule has 7 heteroatoms. The number of amides is 1. The van der Waals surface area contributed by atoms with E-state index in [9.17, 15) is 9.59 Å². The van der Waals surface area contributed by atoms with Crippen LogP contribution in [0.2, 0.25) is 0 Å². The lowest BCUT2D eigenvalue weighted by Gasteiger charge is -2.32. The fraction of sp³-hybridized carbons (Fsp3) is 0.182. The lowest BCUT2D eigenvalue weighted by Crippen LogP contribution is -2.41. The van der Waals surface area contributed by atoms with Gasteiger partial charge in [-0.1, -0.05) is 59.7 Å². The van der Waals surface area contributed by atoms with E-state index < -0.39 is 0 Å². The SMILES string of the molecule is CC(=O)C1=C(c2ccc(C)cc2)N(C(C)=O)n2c(nnc2-c2ccc(C)cc2)S1. The molecule has 1 aliphatic heterocycles. The quantitative estimate of drug-likeness (QED) is 0.657. The highest BCUT2D eigenvalue weighted by Crippen LogP contribution is 2.41. The van der Waals surface area contributed by atoms with Crippen molar-refractivity contribution in [2.24, 2.45) is 0 Å². The van der Waals surface area contributed by atoms with Gasteiger partial charge in [-0.2, -0.15) is 4.68 Å². The van der Waals surface area contributed by atoms with Crippen LogP contribution in [0.25, 0.3) is 17.1 Å². The van der Waals surface area contributed by atoms with Gasteiger partial charge in [0.05, 0.1) is 10.6 Å². The molecule has 4 rings (SSSR count). The molecule has 0 atom stereocenters. The number of fused-ring (bicyclic) bond motifs is 1. The largest absolute Gasteiger partial charge is 0.294 e. The van der Waals surface area contributed by atoms with E-state index >= 15 is 0 Å². The number of allylic oxidation sites excluding steroid dienone is 1. The summed E-state index contributed by atoms with van der Waals surface area (Å²) in [6.07, 6.45) is 0. The molecule has 0 fully saturated rings. The van der Waals surface area contributed by atoms with Crippen LogP contribution in [0.4, 0.5) is 0 Å². The number of hydrogen-bond acceptors (Lipinski definition) is 5. The molecular formula is C22H20N4O2S. The minimum absolute atomic E-state index is 0.122. The number of thioether (sulfide) groups is 1. The molecule has 0 unspecified atom stereocenters. The van der Waals surface area contributed by atoms with Gasteiger partial charge in [-0.15, -0.1) is 10.2 Å². The van der Waals surface area contributed by atoms with E-state index in [1.54, 1.807) is 4.68 Å². The molecule has 146 valence electrons. The topological polar surface area (TPSA) is 68.1 Å². The second kappa shape index (κ2) is 7.33. The van der Waals surface area contributed by atoms with E-state index in [0.29, 0.717) is 21.6 Å². The van der Waals surface area contributed by atoms with E-state index in [0.717, 1.165) is 22.3 Å². The van der Waals surface area contributed by atoms with Crippen LogP contribution in [0, 0.1) is 13.8 Å². The van der Waals surface area contributed by atoms with E-state index in [1.807, 2.05) is 62.4 Å². The van der Waals surface area contributed by atoms with Crippen molar-refractivity contribution in [3.63, 3.8) is 0 Å². The minimum Gasteiger partial charge on any atom is -0.294 e. The summed E-state index contributed by atoms with van der Waals surface area (Å²) in [6.45, 7) is 6.99.